The van der Waals surface area contributed by atoms with E-state index in [1.165, 1.54) is 16.7 Å². The van der Waals surface area contributed by atoms with Crippen LogP contribution in [0.5, 0.6) is 5.75 Å². The standard InChI is InChI=1S/C17H19Br3O2Si/c1-22-12-13-4-6-14(7-5-13)17-9-8-16(21)11-15(17)3-2-10-23(18,19)20/h4-9,11,21H,2-3,10,12H2,1H3. The molecule has 0 radical (unpaired) electrons. The zero-order chi connectivity index (χ0) is 16.9. The molecule has 0 aliphatic rings. The van der Waals surface area contributed by atoms with Crippen molar-refractivity contribution < 1.29 is 9.84 Å². The topological polar surface area (TPSA) is 29.5 Å². The second-order valence-electron chi connectivity index (χ2n) is 5.44. The first-order chi connectivity index (χ1) is 10.9. The molecule has 2 aromatic rings. The molecular weight excluding hydrogens is 504 g/mol. The molecule has 0 saturated carbocycles. The fraction of sp³-hybridized carbons (Fsp3) is 0.294. The molecule has 0 amide bonds. The maximum Gasteiger partial charge on any atom is 0.267 e. The summed E-state index contributed by atoms with van der Waals surface area (Å²) < 4.78 is 3.58. The van der Waals surface area contributed by atoms with Gasteiger partial charge in [-0.25, -0.2) is 0 Å². The summed E-state index contributed by atoms with van der Waals surface area (Å²) in [6, 6.07) is 15.1. The van der Waals surface area contributed by atoms with Crippen LogP contribution in [0.3, 0.4) is 0 Å². The molecule has 2 rings (SSSR count). The summed E-state index contributed by atoms with van der Waals surface area (Å²) in [5.74, 6) is 0.319. The number of halogens is 3. The second kappa shape index (κ2) is 8.81. The zero-order valence-corrected chi connectivity index (χ0v) is 18.6. The molecule has 0 aliphatic heterocycles. The van der Waals surface area contributed by atoms with Gasteiger partial charge < -0.3 is 9.84 Å². The van der Waals surface area contributed by atoms with Crippen LogP contribution in [0.15, 0.2) is 42.5 Å². The van der Waals surface area contributed by atoms with Crippen molar-refractivity contribution in [1.29, 1.82) is 0 Å². The smallest absolute Gasteiger partial charge is 0.267 e. The quantitative estimate of drug-likeness (QED) is 0.343. The first-order valence-electron chi connectivity index (χ1n) is 7.36. The molecule has 0 saturated heterocycles. The SMILES string of the molecule is COCc1ccc(-c2ccc(O)cc2CCC[Si](Br)(Br)Br)cc1. The Labute approximate surface area is 162 Å². The molecule has 23 heavy (non-hydrogen) atoms. The Morgan fingerprint density at radius 2 is 1.74 bits per heavy atom. The fourth-order valence-electron chi connectivity index (χ4n) is 2.50. The summed E-state index contributed by atoms with van der Waals surface area (Å²) in [6.07, 6.45) is 1.98. The molecular formula is C17H19Br3O2Si. The van der Waals surface area contributed by atoms with Gasteiger partial charge >= 0.3 is 0 Å². The Morgan fingerprint density at radius 3 is 2.35 bits per heavy atom. The Bertz CT molecular complexity index is 639. The van der Waals surface area contributed by atoms with Gasteiger partial charge in [0.25, 0.3) is 3.93 Å². The van der Waals surface area contributed by atoms with Crippen molar-refractivity contribution in [3.8, 4) is 16.9 Å². The number of hydrogen-bond acceptors (Lipinski definition) is 2. The Balaban J connectivity index is 2.20. The lowest BCUT2D eigenvalue weighted by molar-refractivity contribution is 0.185. The molecule has 0 aliphatic carbocycles. The maximum atomic E-state index is 9.82. The predicted octanol–water partition coefficient (Wildman–Crippen LogP) is 6.26. The highest BCUT2D eigenvalue weighted by Gasteiger charge is 2.21. The molecule has 0 heterocycles. The van der Waals surface area contributed by atoms with Crippen LogP contribution in [0.1, 0.15) is 17.5 Å². The van der Waals surface area contributed by atoms with E-state index in [9.17, 15) is 5.11 Å². The van der Waals surface area contributed by atoms with Gasteiger partial charge in [0.1, 0.15) is 5.75 Å². The van der Waals surface area contributed by atoms with Gasteiger partial charge in [-0.2, -0.15) is 0 Å². The minimum atomic E-state index is -1.58. The average Bonchev–Trinajstić information content (AvgIpc) is 2.48. The van der Waals surface area contributed by atoms with E-state index in [1.54, 1.807) is 13.2 Å². The molecule has 0 unspecified atom stereocenters. The lowest BCUT2D eigenvalue weighted by Crippen LogP contribution is -2.06. The van der Waals surface area contributed by atoms with Gasteiger partial charge in [0.2, 0.25) is 0 Å². The highest BCUT2D eigenvalue weighted by atomic mass is 80.0. The molecule has 0 bridgehead atoms. The van der Waals surface area contributed by atoms with Crippen LogP contribution in [0.25, 0.3) is 11.1 Å². The van der Waals surface area contributed by atoms with Crippen LogP contribution >= 0.6 is 45.9 Å². The third-order valence-electron chi connectivity index (χ3n) is 3.57. The lowest BCUT2D eigenvalue weighted by Gasteiger charge is -2.13. The highest BCUT2D eigenvalue weighted by Crippen LogP contribution is 2.35. The van der Waals surface area contributed by atoms with E-state index in [0.717, 1.165) is 24.4 Å². The Hall–Kier alpha value is -0.143. The second-order valence-corrected chi connectivity index (χ2v) is 28.9. The zero-order valence-electron chi connectivity index (χ0n) is 12.9. The molecule has 124 valence electrons. The Morgan fingerprint density at radius 1 is 1.04 bits per heavy atom. The molecule has 2 aromatic carbocycles. The van der Waals surface area contributed by atoms with E-state index in [-0.39, 0.29) is 0 Å². The maximum absolute atomic E-state index is 9.82. The van der Waals surface area contributed by atoms with Crippen LogP contribution < -0.4 is 0 Å². The van der Waals surface area contributed by atoms with Gasteiger partial charge in [-0.05, 0) is 53.3 Å². The summed E-state index contributed by atoms with van der Waals surface area (Å²) >= 11 is 11.0. The molecule has 0 fully saturated rings. The lowest BCUT2D eigenvalue weighted by atomic mass is 9.96. The normalized spacial score (nSPS) is 11.7. The van der Waals surface area contributed by atoms with Crippen LogP contribution in [0.4, 0.5) is 0 Å². The summed E-state index contributed by atoms with van der Waals surface area (Å²) in [5.41, 5.74) is 4.68. The van der Waals surface area contributed by atoms with E-state index in [4.69, 9.17) is 4.74 Å². The van der Waals surface area contributed by atoms with Crippen LogP contribution in [0, 0.1) is 0 Å². The Kier molecular flexibility index (Phi) is 7.35. The number of phenols is 1. The number of rotatable bonds is 7. The largest absolute Gasteiger partial charge is 0.508 e. The van der Waals surface area contributed by atoms with Crippen molar-refractivity contribution >= 4 is 49.8 Å². The first kappa shape index (κ1) is 19.2. The average molecular weight is 523 g/mol. The summed E-state index contributed by atoms with van der Waals surface area (Å²) in [6.45, 7) is 0.622. The van der Waals surface area contributed by atoms with E-state index < -0.39 is 3.93 Å². The number of ether oxygens (including phenoxy) is 1. The van der Waals surface area contributed by atoms with Gasteiger partial charge in [-0.15, -0.1) is 0 Å². The summed E-state index contributed by atoms with van der Waals surface area (Å²) in [7, 11) is 1.70. The first-order valence-corrected chi connectivity index (χ1v) is 16.3. The predicted molar refractivity (Wildman–Crippen MR) is 110 cm³/mol. The third kappa shape index (κ3) is 6.34. The van der Waals surface area contributed by atoms with Crippen LogP contribution in [0.2, 0.25) is 6.04 Å². The van der Waals surface area contributed by atoms with Crippen molar-refractivity contribution in [2.45, 2.75) is 25.5 Å². The number of phenolic OH excluding ortho intramolecular Hbond substituents is 1. The number of methoxy groups -OCH3 is 1. The van der Waals surface area contributed by atoms with Gasteiger partial charge in [0.15, 0.2) is 0 Å². The highest BCUT2D eigenvalue weighted by molar-refractivity contribution is 9.72. The van der Waals surface area contributed by atoms with Gasteiger partial charge in [-0.3, -0.25) is 0 Å². The summed E-state index contributed by atoms with van der Waals surface area (Å²) in [4.78, 5) is 0. The third-order valence-corrected chi connectivity index (χ3v) is 8.06. The fourth-order valence-corrected chi connectivity index (χ4v) is 5.60. The van der Waals surface area contributed by atoms with Crippen molar-refractivity contribution in [3.63, 3.8) is 0 Å². The number of hydrogen-bond donors (Lipinski definition) is 1. The van der Waals surface area contributed by atoms with Crippen molar-refractivity contribution in [1.82, 2.24) is 0 Å². The molecule has 2 nitrogen and oxygen atoms in total. The van der Waals surface area contributed by atoms with Crippen LogP contribution in [-0.4, -0.2) is 16.1 Å². The molecule has 0 spiro atoms. The van der Waals surface area contributed by atoms with Gasteiger partial charge in [0, 0.05) is 7.11 Å². The molecule has 0 aromatic heterocycles. The number of aromatic hydroxyl groups is 1. The number of aryl methyl sites for hydroxylation is 1. The molecule has 6 heteroatoms. The van der Waals surface area contributed by atoms with Crippen molar-refractivity contribution in [2.24, 2.45) is 0 Å². The van der Waals surface area contributed by atoms with E-state index >= 15 is 0 Å². The van der Waals surface area contributed by atoms with Gasteiger partial charge in [-0.1, -0.05) is 76.2 Å². The molecule has 1 N–H and O–H groups in total. The van der Waals surface area contributed by atoms with E-state index in [1.807, 2.05) is 12.1 Å². The molecule has 0 atom stereocenters. The summed E-state index contributed by atoms with van der Waals surface area (Å²) in [5, 5.41) is 9.82. The van der Waals surface area contributed by atoms with Crippen LogP contribution in [-0.2, 0) is 17.8 Å². The van der Waals surface area contributed by atoms with Crippen molar-refractivity contribution in [3.05, 3.63) is 53.6 Å². The van der Waals surface area contributed by atoms with E-state index in [0.29, 0.717) is 12.4 Å². The monoisotopic (exact) mass is 520 g/mol. The minimum Gasteiger partial charge on any atom is -0.508 e. The van der Waals surface area contributed by atoms with Crippen molar-refractivity contribution in [2.75, 3.05) is 7.11 Å². The van der Waals surface area contributed by atoms with Gasteiger partial charge in [0.05, 0.1) is 6.61 Å². The minimum absolute atomic E-state index is 0.319. The number of benzene rings is 2. The van der Waals surface area contributed by atoms with E-state index in [2.05, 4.69) is 70.1 Å².